The number of carbonyl (C=O) groups is 2. The minimum absolute atomic E-state index is 0.762. The molecule has 0 amide bonds. The minimum atomic E-state index is -1.82. The number of aliphatic carboxylic acids is 2. The van der Waals surface area contributed by atoms with Gasteiger partial charge in [0.05, 0.1) is 0 Å². The van der Waals surface area contributed by atoms with Gasteiger partial charge in [0.15, 0.2) is 0 Å². The number of carboxylic acid groups (broad SMARTS) is 2. The van der Waals surface area contributed by atoms with Crippen LogP contribution in [0.4, 0.5) is 0 Å². The molecule has 0 atom stereocenters. The summed E-state index contributed by atoms with van der Waals surface area (Å²) in [5.41, 5.74) is 4.67. The molecule has 0 spiro atoms. The first-order valence-corrected chi connectivity index (χ1v) is 10.9. The number of carboxylic acids is 2. The van der Waals surface area contributed by atoms with Gasteiger partial charge in [0.25, 0.3) is 0 Å². The highest BCUT2D eigenvalue weighted by Crippen LogP contribution is 2.34. The van der Waals surface area contributed by atoms with Gasteiger partial charge in [-0.3, -0.25) is 4.90 Å². The minimum Gasteiger partial charge on any atom is -0.473 e. The second-order valence-electron chi connectivity index (χ2n) is 7.44. The lowest BCUT2D eigenvalue weighted by atomic mass is 9.89. The van der Waals surface area contributed by atoms with Crippen LogP contribution in [0.15, 0.2) is 47.9 Å². The third-order valence-electron chi connectivity index (χ3n) is 5.58. The van der Waals surface area contributed by atoms with E-state index in [2.05, 4.69) is 52.8 Å². The highest BCUT2D eigenvalue weighted by Gasteiger charge is 2.20. The van der Waals surface area contributed by atoms with Gasteiger partial charge in [-0.05, 0) is 79.3 Å². The summed E-state index contributed by atoms with van der Waals surface area (Å²) in [4.78, 5) is 22.4. The smallest absolute Gasteiger partial charge is 0.414 e. The van der Waals surface area contributed by atoms with Crippen molar-refractivity contribution in [2.24, 2.45) is 0 Å². The number of aryl methyl sites for hydroxylation is 1. The molecule has 4 rings (SSSR count). The van der Waals surface area contributed by atoms with Gasteiger partial charge in [-0.2, -0.15) is 0 Å². The molecule has 2 heterocycles. The Kier molecular flexibility index (Phi) is 7.61. The lowest BCUT2D eigenvalue weighted by Crippen LogP contribution is -2.33. The van der Waals surface area contributed by atoms with Crippen molar-refractivity contribution in [1.29, 1.82) is 0 Å². The summed E-state index contributed by atoms with van der Waals surface area (Å²) in [6.45, 7) is 3.60. The quantitative estimate of drug-likeness (QED) is 0.724. The topological polar surface area (TPSA) is 77.8 Å². The Labute approximate surface area is 175 Å². The van der Waals surface area contributed by atoms with Crippen LogP contribution in [0.1, 0.15) is 47.6 Å². The number of fused-ring (bicyclic) bond motifs is 1. The van der Waals surface area contributed by atoms with Gasteiger partial charge in [-0.15, -0.1) is 11.3 Å². The summed E-state index contributed by atoms with van der Waals surface area (Å²) in [5.74, 6) is -2.89. The molecule has 1 aromatic heterocycles. The largest absolute Gasteiger partial charge is 0.473 e. The molecule has 2 aromatic rings. The van der Waals surface area contributed by atoms with Crippen LogP contribution in [-0.4, -0.2) is 46.7 Å². The molecule has 2 N–H and O–H groups in total. The molecule has 1 aromatic carbocycles. The van der Waals surface area contributed by atoms with Gasteiger partial charge in [0, 0.05) is 11.4 Å². The number of nitrogens with zero attached hydrogens (tertiary/aromatic N) is 1. The van der Waals surface area contributed by atoms with Gasteiger partial charge in [0.1, 0.15) is 0 Å². The number of thiophene rings is 1. The monoisotopic (exact) mass is 413 g/mol. The van der Waals surface area contributed by atoms with Crippen LogP contribution in [-0.2, 0) is 16.0 Å². The van der Waals surface area contributed by atoms with Crippen LogP contribution < -0.4 is 0 Å². The fourth-order valence-corrected chi connectivity index (χ4v) is 4.98. The molecule has 29 heavy (non-hydrogen) atoms. The van der Waals surface area contributed by atoms with Gasteiger partial charge >= 0.3 is 11.9 Å². The van der Waals surface area contributed by atoms with E-state index in [4.69, 9.17) is 19.8 Å². The number of rotatable bonds is 3. The summed E-state index contributed by atoms with van der Waals surface area (Å²) >= 11 is 1.93. The van der Waals surface area contributed by atoms with Crippen LogP contribution in [0.5, 0.6) is 0 Å². The van der Waals surface area contributed by atoms with E-state index in [0.717, 1.165) is 12.5 Å². The second-order valence-corrected chi connectivity index (χ2v) is 8.44. The first kappa shape index (κ1) is 21.3. The molecule has 2 aliphatic rings. The fourth-order valence-electron chi connectivity index (χ4n) is 4.02. The van der Waals surface area contributed by atoms with Crippen molar-refractivity contribution in [3.63, 3.8) is 0 Å². The lowest BCUT2D eigenvalue weighted by Gasteiger charge is -2.31. The van der Waals surface area contributed by atoms with Crippen LogP contribution in [0.2, 0.25) is 0 Å². The maximum atomic E-state index is 9.10. The zero-order valence-corrected chi connectivity index (χ0v) is 17.2. The highest BCUT2D eigenvalue weighted by atomic mass is 32.1. The molecule has 1 aliphatic heterocycles. The zero-order valence-electron chi connectivity index (χ0n) is 16.4. The van der Waals surface area contributed by atoms with E-state index in [1.807, 2.05) is 11.3 Å². The Balaban J connectivity index is 0.000000353. The number of hydrogen-bond donors (Lipinski definition) is 2. The molecule has 0 unspecified atom stereocenters. The van der Waals surface area contributed by atoms with Crippen LogP contribution in [0, 0.1) is 0 Å². The standard InChI is InChI=1S/C21H25NS.C2H2O4/c1-2-5-17(6-3-1)18-9-13-22(14-10-18)15-11-19-7-4-8-21-20(19)12-16-23-21;3-1(4)2(5)6/h1-3,5-6,11-12,16,18H,4,7-10,13-15H2;(H,3,4)(H,5,6)/b19-11+;. The molecule has 5 nitrogen and oxygen atoms in total. The van der Waals surface area contributed by atoms with E-state index >= 15 is 0 Å². The Morgan fingerprint density at radius 2 is 1.72 bits per heavy atom. The summed E-state index contributed by atoms with van der Waals surface area (Å²) in [6.07, 6.45) is 8.99. The Hall–Kier alpha value is -2.44. The van der Waals surface area contributed by atoms with E-state index in [9.17, 15) is 0 Å². The fraction of sp³-hybridized carbons (Fsp3) is 0.391. The molecular formula is C23H27NO4S. The van der Waals surface area contributed by atoms with Crippen molar-refractivity contribution in [2.45, 2.75) is 38.0 Å². The van der Waals surface area contributed by atoms with Gasteiger partial charge in [0.2, 0.25) is 0 Å². The van der Waals surface area contributed by atoms with Crippen molar-refractivity contribution >= 4 is 28.8 Å². The Bertz CT molecular complexity index is 839. The molecule has 1 aliphatic carbocycles. The zero-order chi connectivity index (χ0) is 20.6. The molecule has 1 fully saturated rings. The first-order chi connectivity index (χ1) is 14.0. The predicted molar refractivity (Wildman–Crippen MR) is 115 cm³/mol. The lowest BCUT2D eigenvalue weighted by molar-refractivity contribution is -0.159. The molecule has 6 heteroatoms. The van der Waals surface area contributed by atoms with Gasteiger partial charge in [-0.25, -0.2) is 9.59 Å². The van der Waals surface area contributed by atoms with Crippen molar-refractivity contribution in [3.8, 4) is 0 Å². The molecule has 154 valence electrons. The van der Waals surface area contributed by atoms with E-state index in [0.29, 0.717) is 0 Å². The third kappa shape index (κ3) is 6.02. The molecular weight excluding hydrogens is 386 g/mol. The number of piperidine rings is 1. The highest BCUT2D eigenvalue weighted by molar-refractivity contribution is 7.10. The molecule has 0 radical (unpaired) electrons. The Morgan fingerprint density at radius 1 is 1.03 bits per heavy atom. The molecule has 0 bridgehead atoms. The Morgan fingerprint density at radius 3 is 2.38 bits per heavy atom. The van der Waals surface area contributed by atoms with Crippen molar-refractivity contribution in [3.05, 3.63) is 63.9 Å². The van der Waals surface area contributed by atoms with Gasteiger partial charge < -0.3 is 10.2 Å². The second kappa shape index (κ2) is 10.4. The maximum absolute atomic E-state index is 9.10. The summed E-state index contributed by atoms with van der Waals surface area (Å²) in [6, 6.07) is 13.4. The van der Waals surface area contributed by atoms with Crippen LogP contribution >= 0.6 is 11.3 Å². The first-order valence-electron chi connectivity index (χ1n) is 10.0. The number of hydrogen-bond acceptors (Lipinski definition) is 4. The predicted octanol–water partition coefficient (Wildman–Crippen LogP) is 4.50. The van der Waals surface area contributed by atoms with Crippen LogP contribution in [0.25, 0.3) is 5.57 Å². The number of benzene rings is 1. The number of allylic oxidation sites excluding steroid dienone is 1. The SMILES string of the molecule is C(/CN1CCC(c2ccccc2)CC1)=C1/CCCc2sccc21.O=C(O)C(=O)O. The normalized spacial score (nSPS) is 18.6. The van der Waals surface area contributed by atoms with E-state index in [1.165, 1.54) is 50.8 Å². The van der Waals surface area contributed by atoms with Crippen molar-refractivity contribution in [2.75, 3.05) is 19.6 Å². The summed E-state index contributed by atoms with van der Waals surface area (Å²) in [7, 11) is 0. The number of likely N-dealkylation sites (tertiary alicyclic amines) is 1. The summed E-state index contributed by atoms with van der Waals surface area (Å²) < 4.78 is 0. The van der Waals surface area contributed by atoms with Crippen molar-refractivity contribution < 1.29 is 19.8 Å². The molecule has 0 saturated carbocycles. The molecule has 1 saturated heterocycles. The summed E-state index contributed by atoms with van der Waals surface area (Å²) in [5, 5.41) is 17.0. The van der Waals surface area contributed by atoms with Crippen LogP contribution in [0.3, 0.4) is 0 Å². The average Bonchev–Trinajstić information content (AvgIpc) is 3.23. The average molecular weight is 414 g/mol. The third-order valence-corrected chi connectivity index (χ3v) is 6.56. The maximum Gasteiger partial charge on any atom is 0.414 e. The van der Waals surface area contributed by atoms with Crippen molar-refractivity contribution in [1.82, 2.24) is 4.90 Å². The van der Waals surface area contributed by atoms with E-state index in [-0.39, 0.29) is 0 Å². The van der Waals surface area contributed by atoms with E-state index < -0.39 is 11.9 Å². The van der Waals surface area contributed by atoms with Gasteiger partial charge in [-0.1, -0.05) is 36.4 Å². The van der Waals surface area contributed by atoms with E-state index in [1.54, 1.807) is 16.0 Å².